The van der Waals surface area contributed by atoms with Crippen LogP contribution in [0.2, 0.25) is 5.02 Å². The van der Waals surface area contributed by atoms with Gasteiger partial charge in [0.2, 0.25) is 6.23 Å². The molecule has 5 rings (SSSR count). The van der Waals surface area contributed by atoms with E-state index in [1.807, 2.05) is 72.6 Å². The van der Waals surface area contributed by atoms with E-state index >= 15 is 0 Å². The van der Waals surface area contributed by atoms with E-state index < -0.39 is 6.23 Å². The maximum absolute atomic E-state index is 6.51. The average Bonchev–Trinajstić information content (AvgIpc) is 3.25. The van der Waals surface area contributed by atoms with Gasteiger partial charge in [-0.3, -0.25) is 0 Å². The van der Waals surface area contributed by atoms with Crippen molar-refractivity contribution in [2.75, 3.05) is 13.7 Å². The molecule has 2 aliphatic rings. The van der Waals surface area contributed by atoms with E-state index in [0.29, 0.717) is 11.6 Å². The van der Waals surface area contributed by atoms with E-state index in [0.717, 1.165) is 46.1 Å². The molecule has 0 aliphatic carbocycles. The van der Waals surface area contributed by atoms with Gasteiger partial charge in [-0.2, -0.15) is 5.10 Å². The lowest BCUT2D eigenvalue weighted by molar-refractivity contribution is -0.0212. The van der Waals surface area contributed by atoms with E-state index in [9.17, 15) is 0 Å². The Kier molecular flexibility index (Phi) is 5.20. The molecule has 0 bridgehead atoms. The molecule has 0 saturated carbocycles. The fourth-order valence-electron chi connectivity index (χ4n) is 4.19. The number of rotatable bonds is 5. The minimum Gasteiger partial charge on any atom is -0.497 e. The van der Waals surface area contributed by atoms with Gasteiger partial charge in [-0.25, -0.2) is 5.01 Å². The van der Waals surface area contributed by atoms with Crippen molar-refractivity contribution in [2.24, 2.45) is 5.10 Å². The van der Waals surface area contributed by atoms with Gasteiger partial charge in [-0.1, -0.05) is 35.9 Å². The van der Waals surface area contributed by atoms with Crippen LogP contribution in [0.5, 0.6) is 17.2 Å². The van der Waals surface area contributed by atoms with Gasteiger partial charge in [-0.05, 0) is 55.0 Å². The fraction of sp³-hybridized carbons (Fsp3) is 0.240. The number of methoxy groups -OCH3 is 1. The van der Waals surface area contributed by atoms with Gasteiger partial charge in [0.25, 0.3) is 0 Å². The summed E-state index contributed by atoms with van der Waals surface area (Å²) in [4.78, 5) is 0. The van der Waals surface area contributed by atoms with Crippen molar-refractivity contribution in [3.63, 3.8) is 0 Å². The van der Waals surface area contributed by atoms with E-state index in [2.05, 4.69) is 6.07 Å². The minimum atomic E-state index is -0.395. The highest BCUT2D eigenvalue weighted by Crippen LogP contribution is 2.50. The summed E-state index contributed by atoms with van der Waals surface area (Å²) in [5.41, 5.74) is 4.12. The Balaban J connectivity index is 1.59. The number of ether oxygens (including phenoxy) is 3. The predicted octanol–water partition coefficient (Wildman–Crippen LogP) is 5.99. The van der Waals surface area contributed by atoms with E-state index in [1.165, 1.54) is 0 Å². The maximum Gasteiger partial charge on any atom is 0.214 e. The molecule has 2 atom stereocenters. The topological polar surface area (TPSA) is 43.3 Å². The third kappa shape index (κ3) is 3.59. The van der Waals surface area contributed by atoms with Crippen molar-refractivity contribution in [3.8, 4) is 17.2 Å². The summed E-state index contributed by atoms with van der Waals surface area (Å²) >= 11 is 6.29. The Morgan fingerprint density at radius 1 is 1.10 bits per heavy atom. The lowest BCUT2D eigenvalue weighted by Gasteiger charge is -2.38. The maximum atomic E-state index is 6.51. The van der Waals surface area contributed by atoms with Crippen LogP contribution in [0, 0.1) is 0 Å². The number of halogens is 1. The minimum absolute atomic E-state index is 0.0465. The molecule has 158 valence electrons. The predicted molar refractivity (Wildman–Crippen MR) is 121 cm³/mol. The molecule has 0 amide bonds. The Morgan fingerprint density at radius 2 is 1.90 bits per heavy atom. The van der Waals surface area contributed by atoms with Crippen LogP contribution in [0.15, 0.2) is 71.8 Å². The Hall–Kier alpha value is -3.18. The molecule has 0 aromatic heterocycles. The molecular weight excluding hydrogens is 412 g/mol. The first kappa shape index (κ1) is 19.8. The highest BCUT2D eigenvalue weighted by molar-refractivity contribution is 6.30. The SMILES string of the molecule is CCOc1cccc2c1O[C@H](c1cccc(Cl)c1)N1N=C(c3ccc(OC)cc3)C[C@@H]21. The van der Waals surface area contributed by atoms with Gasteiger partial charge in [-0.15, -0.1) is 0 Å². The Morgan fingerprint density at radius 3 is 2.65 bits per heavy atom. The molecule has 2 aliphatic heterocycles. The molecule has 0 fully saturated rings. The summed E-state index contributed by atoms with van der Waals surface area (Å²) in [6, 6.07) is 21.9. The lowest BCUT2D eigenvalue weighted by atomic mass is 9.95. The first-order valence-electron chi connectivity index (χ1n) is 10.4. The van der Waals surface area contributed by atoms with Gasteiger partial charge in [0.05, 0.1) is 25.5 Å². The summed E-state index contributed by atoms with van der Waals surface area (Å²) < 4.78 is 17.7. The number of hydrazone groups is 1. The summed E-state index contributed by atoms with van der Waals surface area (Å²) in [6.45, 7) is 2.55. The van der Waals surface area contributed by atoms with Crippen LogP contribution in [0.4, 0.5) is 0 Å². The highest BCUT2D eigenvalue weighted by atomic mass is 35.5. The quantitative estimate of drug-likeness (QED) is 0.494. The number of benzene rings is 3. The summed E-state index contributed by atoms with van der Waals surface area (Å²) in [5.74, 6) is 2.36. The van der Waals surface area contributed by atoms with Gasteiger partial charge in [0.1, 0.15) is 5.75 Å². The van der Waals surface area contributed by atoms with Crippen molar-refractivity contribution in [3.05, 3.63) is 88.4 Å². The van der Waals surface area contributed by atoms with E-state index in [4.69, 9.17) is 30.9 Å². The standard InChI is InChI=1S/C25H23ClN2O3/c1-3-30-23-9-5-8-20-22-15-21(16-10-12-19(29-2)13-11-16)27-28(22)25(31-24(20)23)17-6-4-7-18(26)14-17/h4-14,22,25H,3,15H2,1-2H3/t22-,25+/m0/s1. The molecule has 6 heteroatoms. The first-order chi connectivity index (χ1) is 15.2. The first-order valence-corrected chi connectivity index (χ1v) is 10.7. The van der Waals surface area contributed by atoms with Gasteiger partial charge in [0, 0.05) is 22.6 Å². The number of para-hydroxylation sites is 1. The monoisotopic (exact) mass is 434 g/mol. The van der Waals surface area contributed by atoms with Crippen LogP contribution in [0.1, 0.15) is 42.3 Å². The van der Waals surface area contributed by atoms with Crippen molar-refractivity contribution in [2.45, 2.75) is 25.6 Å². The molecule has 0 radical (unpaired) electrons. The average molecular weight is 435 g/mol. The zero-order chi connectivity index (χ0) is 21.4. The zero-order valence-corrected chi connectivity index (χ0v) is 18.2. The van der Waals surface area contributed by atoms with Gasteiger partial charge >= 0.3 is 0 Å². The molecular formula is C25H23ClN2O3. The van der Waals surface area contributed by atoms with Crippen LogP contribution < -0.4 is 14.2 Å². The largest absolute Gasteiger partial charge is 0.497 e. The molecule has 0 N–H and O–H groups in total. The Labute approximate surface area is 186 Å². The van der Waals surface area contributed by atoms with Crippen LogP contribution in [0.25, 0.3) is 0 Å². The molecule has 0 spiro atoms. The third-order valence-corrected chi connectivity index (χ3v) is 5.87. The second-order valence-corrected chi connectivity index (χ2v) is 7.94. The number of hydrogen-bond acceptors (Lipinski definition) is 5. The smallest absolute Gasteiger partial charge is 0.214 e. The van der Waals surface area contributed by atoms with Crippen LogP contribution in [-0.2, 0) is 0 Å². The van der Waals surface area contributed by atoms with Crippen molar-refractivity contribution >= 4 is 17.3 Å². The number of nitrogens with zero attached hydrogens (tertiary/aromatic N) is 2. The number of fused-ring (bicyclic) bond motifs is 3. The molecule has 3 aromatic rings. The van der Waals surface area contributed by atoms with E-state index in [1.54, 1.807) is 7.11 Å². The van der Waals surface area contributed by atoms with Crippen molar-refractivity contribution < 1.29 is 14.2 Å². The second-order valence-electron chi connectivity index (χ2n) is 7.51. The van der Waals surface area contributed by atoms with E-state index in [-0.39, 0.29) is 6.04 Å². The summed E-state index contributed by atoms with van der Waals surface area (Å²) in [5, 5.41) is 7.71. The van der Waals surface area contributed by atoms with Gasteiger partial charge < -0.3 is 14.2 Å². The van der Waals surface area contributed by atoms with Crippen molar-refractivity contribution in [1.82, 2.24) is 5.01 Å². The molecule has 5 nitrogen and oxygen atoms in total. The molecule has 0 unspecified atom stereocenters. The number of hydrogen-bond donors (Lipinski definition) is 0. The van der Waals surface area contributed by atoms with Crippen LogP contribution in [0.3, 0.4) is 0 Å². The fourth-order valence-corrected chi connectivity index (χ4v) is 4.39. The van der Waals surface area contributed by atoms with Crippen molar-refractivity contribution in [1.29, 1.82) is 0 Å². The summed E-state index contributed by atoms with van der Waals surface area (Å²) in [7, 11) is 1.67. The third-order valence-electron chi connectivity index (χ3n) is 5.64. The van der Waals surface area contributed by atoms with Gasteiger partial charge in [0.15, 0.2) is 11.5 Å². The molecule has 31 heavy (non-hydrogen) atoms. The zero-order valence-electron chi connectivity index (χ0n) is 17.4. The second kappa shape index (κ2) is 8.16. The Bertz CT molecular complexity index is 1130. The lowest BCUT2D eigenvalue weighted by Crippen LogP contribution is -2.33. The normalized spacial score (nSPS) is 19.2. The highest BCUT2D eigenvalue weighted by Gasteiger charge is 2.42. The molecule has 3 aromatic carbocycles. The molecule has 2 heterocycles. The summed E-state index contributed by atoms with van der Waals surface area (Å²) in [6.07, 6.45) is 0.378. The molecule has 0 saturated heterocycles. The van der Waals surface area contributed by atoms with Crippen LogP contribution >= 0.6 is 11.6 Å². The van der Waals surface area contributed by atoms with Crippen LogP contribution in [-0.4, -0.2) is 24.4 Å².